The summed E-state index contributed by atoms with van der Waals surface area (Å²) in [7, 11) is 0. The fourth-order valence-corrected chi connectivity index (χ4v) is 2.25. The van der Waals surface area contributed by atoms with Gasteiger partial charge in [0.1, 0.15) is 5.75 Å². The number of rotatable bonds is 4. The summed E-state index contributed by atoms with van der Waals surface area (Å²) in [4.78, 5) is 18.3. The average Bonchev–Trinajstić information content (AvgIpc) is 2.42. The van der Waals surface area contributed by atoms with Crippen molar-refractivity contribution in [3.05, 3.63) is 23.5 Å². The van der Waals surface area contributed by atoms with Crippen molar-refractivity contribution in [1.82, 2.24) is 15.2 Å². The van der Waals surface area contributed by atoms with Crippen molar-refractivity contribution in [1.29, 1.82) is 0 Å². The summed E-state index contributed by atoms with van der Waals surface area (Å²) in [5, 5.41) is 12.6. The Kier molecular flexibility index (Phi) is 4.92. The van der Waals surface area contributed by atoms with E-state index in [1.165, 1.54) is 6.20 Å². The summed E-state index contributed by atoms with van der Waals surface area (Å²) in [5.41, 5.74) is 0.972. The largest absolute Gasteiger partial charge is 0.505 e. The Morgan fingerprint density at radius 1 is 1.55 bits per heavy atom. The minimum absolute atomic E-state index is 0.00784. The molecule has 0 radical (unpaired) electrons. The molecule has 1 aromatic rings. The molecule has 2 N–H and O–H groups in total. The molecule has 20 heavy (non-hydrogen) atoms. The molecule has 0 aromatic carbocycles. The third-order valence-electron chi connectivity index (χ3n) is 3.28. The van der Waals surface area contributed by atoms with Crippen LogP contribution in [0.3, 0.4) is 0 Å². The summed E-state index contributed by atoms with van der Waals surface area (Å²) in [6.07, 6.45) is 1.30. The Balaban J connectivity index is 1.91. The van der Waals surface area contributed by atoms with Gasteiger partial charge in [0.2, 0.25) is 0 Å². The Hall–Kier alpha value is -1.66. The van der Waals surface area contributed by atoms with E-state index in [4.69, 9.17) is 4.74 Å². The quantitative estimate of drug-likeness (QED) is 0.841. The van der Waals surface area contributed by atoms with Gasteiger partial charge in [-0.25, -0.2) is 0 Å². The van der Waals surface area contributed by atoms with Crippen molar-refractivity contribution in [2.45, 2.75) is 19.9 Å². The van der Waals surface area contributed by atoms with Gasteiger partial charge in [-0.05, 0) is 19.9 Å². The number of aromatic hydroxyl groups is 1. The van der Waals surface area contributed by atoms with E-state index in [0.717, 1.165) is 32.8 Å². The van der Waals surface area contributed by atoms with Gasteiger partial charge in [0, 0.05) is 31.4 Å². The van der Waals surface area contributed by atoms with Crippen LogP contribution in [0.5, 0.6) is 5.75 Å². The highest BCUT2D eigenvalue weighted by atomic mass is 16.5. The SMILES string of the molecule is Cc1cc(C(=O)N[C@H](C)CN2CCOCC2)c(O)cn1. The van der Waals surface area contributed by atoms with E-state index in [-0.39, 0.29) is 23.3 Å². The molecule has 2 heterocycles. The molecule has 1 aromatic heterocycles. The highest BCUT2D eigenvalue weighted by Crippen LogP contribution is 2.15. The molecular formula is C14H21N3O3. The molecule has 0 spiro atoms. The van der Waals surface area contributed by atoms with Crippen LogP contribution in [-0.4, -0.2) is 59.8 Å². The first kappa shape index (κ1) is 14.7. The van der Waals surface area contributed by atoms with E-state index >= 15 is 0 Å². The van der Waals surface area contributed by atoms with Gasteiger partial charge in [0.15, 0.2) is 0 Å². The molecule has 1 amide bonds. The molecule has 0 saturated carbocycles. The standard InChI is InChI=1S/C14H21N3O3/c1-10-7-12(13(18)8-15-10)14(19)16-11(2)9-17-3-5-20-6-4-17/h7-8,11,18H,3-6,9H2,1-2H3,(H,16,19)/t11-/m1/s1. The summed E-state index contributed by atoms with van der Waals surface area (Å²) in [6, 6.07) is 1.60. The second-order valence-electron chi connectivity index (χ2n) is 5.13. The van der Waals surface area contributed by atoms with Crippen molar-refractivity contribution < 1.29 is 14.6 Å². The van der Waals surface area contributed by atoms with Crippen molar-refractivity contribution in [2.75, 3.05) is 32.8 Å². The maximum Gasteiger partial charge on any atom is 0.255 e. The van der Waals surface area contributed by atoms with Crippen molar-refractivity contribution in [3.8, 4) is 5.75 Å². The van der Waals surface area contributed by atoms with E-state index in [2.05, 4.69) is 15.2 Å². The predicted molar refractivity (Wildman–Crippen MR) is 74.8 cm³/mol. The van der Waals surface area contributed by atoms with Crippen LogP contribution in [0.25, 0.3) is 0 Å². The molecular weight excluding hydrogens is 258 g/mol. The average molecular weight is 279 g/mol. The van der Waals surface area contributed by atoms with Crippen LogP contribution in [0, 0.1) is 6.92 Å². The number of amides is 1. The molecule has 1 aliphatic heterocycles. The van der Waals surface area contributed by atoms with Crippen LogP contribution >= 0.6 is 0 Å². The van der Waals surface area contributed by atoms with Crippen LogP contribution in [0.1, 0.15) is 23.0 Å². The molecule has 2 rings (SSSR count). The topological polar surface area (TPSA) is 74.7 Å². The predicted octanol–water partition coefficient (Wildman–Crippen LogP) is 0.546. The fourth-order valence-electron chi connectivity index (χ4n) is 2.25. The van der Waals surface area contributed by atoms with Crippen LogP contribution in [-0.2, 0) is 4.74 Å². The Morgan fingerprint density at radius 2 is 2.25 bits per heavy atom. The first-order valence-corrected chi connectivity index (χ1v) is 6.83. The number of ether oxygens (including phenoxy) is 1. The van der Waals surface area contributed by atoms with E-state index in [0.29, 0.717) is 5.69 Å². The molecule has 6 heteroatoms. The first-order chi connectivity index (χ1) is 9.56. The van der Waals surface area contributed by atoms with Gasteiger partial charge >= 0.3 is 0 Å². The summed E-state index contributed by atoms with van der Waals surface area (Å²) in [5.74, 6) is -0.361. The number of hydrogen-bond acceptors (Lipinski definition) is 5. The number of aromatic nitrogens is 1. The lowest BCUT2D eigenvalue weighted by Gasteiger charge is -2.29. The number of nitrogens with zero attached hydrogens (tertiary/aromatic N) is 2. The molecule has 1 aliphatic rings. The molecule has 0 aliphatic carbocycles. The lowest BCUT2D eigenvalue weighted by Crippen LogP contribution is -2.46. The monoisotopic (exact) mass is 279 g/mol. The van der Waals surface area contributed by atoms with Gasteiger partial charge in [0.05, 0.1) is 25.0 Å². The lowest BCUT2D eigenvalue weighted by atomic mass is 10.2. The molecule has 1 saturated heterocycles. The zero-order chi connectivity index (χ0) is 14.5. The number of aryl methyl sites for hydroxylation is 1. The molecule has 1 fully saturated rings. The second-order valence-corrected chi connectivity index (χ2v) is 5.13. The summed E-state index contributed by atoms with van der Waals surface area (Å²) >= 11 is 0. The van der Waals surface area contributed by atoms with Gasteiger partial charge < -0.3 is 15.2 Å². The number of pyridine rings is 1. The maximum atomic E-state index is 12.1. The summed E-state index contributed by atoms with van der Waals surface area (Å²) < 4.78 is 5.29. The molecule has 1 atom stereocenters. The molecule has 0 bridgehead atoms. The van der Waals surface area contributed by atoms with Crippen LogP contribution < -0.4 is 5.32 Å². The number of nitrogens with one attached hydrogen (secondary N) is 1. The van der Waals surface area contributed by atoms with Gasteiger partial charge in [-0.2, -0.15) is 0 Å². The number of morpholine rings is 1. The van der Waals surface area contributed by atoms with Crippen LogP contribution in [0.15, 0.2) is 12.3 Å². The maximum absolute atomic E-state index is 12.1. The van der Waals surface area contributed by atoms with Crippen molar-refractivity contribution >= 4 is 5.91 Å². The zero-order valence-electron chi connectivity index (χ0n) is 11.9. The number of hydrogen-bond donors (Lipinski definition) is 2. The van der Waals surface area contributed by atoms with Crippen molar-refractivity contribution in [3.63, 3.8) is 0 Å². The normalized spacial score (nSPS) is 17.7. The third kappa shape index (κ3) is 3.91. The minimum atomic E-state index is -0.270. The lowest BCUT2D eigenvalue weighted by molar-refractivity contribution is 0.0342. The number of carbonyl (C=O) groups excluding carboxylic acids is 1. The first-order valence-electron chi connectivity index (χ1n) is 6.83. The highest BCUT2D eigenvalue weighted by molar-refractivity contribution is 5.96. The molecule has 6 nitrogen and oxygen atoms in total. The molecule has 0 unspecified atom stereocenters. The Morgan fingerprint density at radius 3 is 2.95 bits per heavy atom. The Bertz CT molecular complexity index is 473. The van der Waals surface area contributed by atoms with Crippen LogP contribution in [0.4, 0.5) is 0 Å². The molecule has 110 valence electrons. The third-order valence-corrected chi connectivity index (χ3v) is 3.28. The number of carbonyl (C=O) groups is 1. The van der Waals surface area contributed by atoms with E-state index < -0.39 is 0 Å². The van der Waals surface area contributed by atoms with Gasteiger partial charge in [-0.15, -0.1) is 0 Å². The summed E-state index contributed by atoms with van der Waals surface area (Å²) in [6.45, 7) is 7.78. The second kappa shape index (κ2) is 6.67. The van der Waals surface area contributed by atoms with Gasteiger partial charge in [-0.3, -0.25) is 14.7 Å². The smallest absolute Gasteiger partial charge is 0.255 e. The van der Waals surface area contributed by atoms with Gasteiger partial charge in [0.25, 0.3) is 5.91 Å². The Labute approximate surface area is 118 Å². The van der Waals surface area contributed by atoms with E-state index in [1.807, 2.05) is 6.92 Å². The van der Waals surface area contributed by atoms with E-state index in [1.54, 1.807) is 13.0 Å². The van der Waals surface area contributed by atoms with Crippen molar-refractivity contribution in [2.24, 2.45) is 0 Å². The zero-order valence-corrected chi connectivity index (χ0v) is 11.9. The fraction of sp³-hybridized carbons (Fsp3) is 0.571. The van der Waals surface area contributed by atoms with Crippen LogP contribution in [0.2, 0.25) is 0 Å². The van der Waals surface area contributed by atoms with Gasteiger partial charge in [-0.1, -0.05) is 0 Å². The highest BCUT2D eigenvalue weighted by Gasteiger charge is 2.17. The van der Waals surface area contributed by atoms with E-state index in [9.17, 15) is 9.90 Å². The minimum Gasteiger partial charge on any atom is -0.505 e.